The summed E-state index contributed by atoms with van der Waals surface area (Å²) >= 11 is 0. The van der Waals surface area contributed by atoms with Crippen LogP contribution in [0.25, 0.3) is 10.4 Å². The van der Waals surface area contributed by atoms with E-state index in [1.807, 2.05) is 0 Å². The lowest BCUT2D eigenvalue weighted by molar-refractivity contribution is 0.0852. The van der Waals surface area contributed by atoms with Gasteiger partial charge in [-0.2, -0.15) is 0 Å². The number of carbonyl (C=O) groups is 1. The Bertz CT molecular complexity index is 1040. The molecule has 3 rings (SSSR count). The van der Waals surface area contributed by atoms with Crippen LogP contribution in [0.4, 0.5) is 0 Å². The SMILES string of the molecule is COc1cc(C2=NOC(c3cc(OC)c(C(=O)N=[N+]=[N-])c(OC)c3)C2)cc(OC)c1O. The van der Waals surface area contributed by atoms with Gasteiger partial charge >= 0.3 is 0 Å². The Balaban J connectivity index is 1.94. The number of ether oxygens (including phenoxy) is 4. The summed E-state index contributed by atoms with van der Waals surface area (Å²) in [5.74, 6) is -0.0991. The third-order valence-corrected chi connectivity index (χ3v) is 4.73. The monoisotopic (exact) mass is 428 g/mol. The van der Waals surface area contributed by atoms with Gasteiger partial charge in [-0.3, -0.25) is 4.79 Å². The van der Waals surface area contributed by atoms with Crippen molar-refractivity contribution in [3.8, 4) is 28.7 Å². The maximum atomic E-state index is 12.1. The van der Waals surface area contributed by atoms with E-state index in [4.69, 9.17) is 29.3 Å². The summed E-state index contributed by atoms with van der Waals surface area (Å²) in [6, 6.07) is 6.46. The number of methoxy groups -OCH3 is 4. The van der Waals surface area contributed by atoms with E-state index in [2.05, 4.69) is 15.2 Å². The molecular weight excluding hydrogens is 408 g/mol. The number of carbonyl (C=O) groups excluding carboxylic acids is 1. The smallest absolute Gasteiger partial charge is 0.256 e. The molecular formula is C20H20N4O7. The molecule has 2 aromatic rings. The summed E-state index contributed by atoms with van der Waals surface area (Å²) in [7, 11) is 5.65. The van der Waals surface area contributed by atoms with Crippen LogP contribution in [0, 0.1) is 0 Å². The van der Waals surface area contributed by atoms with Gasteiger partial charge in [-0.15, -0.1) is 0 Å². The summed E-state index contributed by atoms with van der Waals surface area (Å²) in [6.07, 6.45) is -0.111. The minimum atomic E-state index is -0.824. The molecule has 1 unspecified atom stereocenters. The molecule has 0 fully saturated rings. The first-order valence-corrected chi connectivity index (χ1v) is 9.00. The lowest BCUT2D eigenvalue weighted by Crippen LogP contribution is -2.07. The van der Waals surface area contributed by atoms with Crippen LogP contribution in [-0.4, -0.2) is 45.2 Å². The molecule has 1 heterocycles. The van der Waals surface area contributed by atoms with E-state index in [1.165, 1.54) is 28.4 Å². The Morgan fingerprint density at radius 3 is 2.10 bits per heavy atom. The Morgan fingerprint density at radius 2 is 1.61 bits per heavy atom. The van der Waals surface area contributed by atoms with Gasteiger partial charge in [-0.1, -0.05) is 5.16 Å². The van der Waals surface area contributed by atoms with E-state index in [9.17, 15) is 9.90 Å². The second kappa shape index (κ2) is 9.14. The first-order valence-electron chi connectivity index (χ1n) is 9.00. The van der Waals surface area contributed by atoms with Gasteiger partial charge < -0.3 is 28.9 Å². The molecule has 0 saturated heterocycles. The summed E-state index contributed by atoms with van der Waals surface area (Å²) in [4.78, 5) is 20.3. The summed E-state index contributed by atoms with van der Waals surface area (Å²) in [5, 5.41) is 17.4. The van der Waals surface area contributed by atoms with Crippen molar-refractivity contribution in [1.29, 1.82) is 0 Å². The van der Waals surface area contributed by atoms with Crippen molar-refractivity contribution in [1.82, 2.24) is 0 Å². The number of aromatic hydroxyl groups is 1. The molecule has 0 radical (unpaired) electrons. The molecule has 0 aliphatic carbocycles. The molecule has 1 amide bonds. The number of hydrogen-bond donors (Lipinski definition) is 1. The second-order valence-corrected chi connectivity index (χ2v) is 6.36. The number of azide groups is 1. The zero-order valence-electron chi connectivity index (χ0n) is 17.3. The summed E-state index contributed by atoms with van der Waals surface area (Å²) < 4.78 is 21.0. The van der Waals surface area contributed by atoms with E-state index in [1.54, 1.807) is 24.3 Å². The minimum Gasteiger partial charge on any atom is -0.502 e. The highest BCUT2D eigenvalue weighted by Gasteiger charge is 2.29. The fourth-order valence-corrected chi connectivity index (χ4v) is 3.21. The number of oxime groups is 1. The van der Waals surface area contributed by atoms with Gasteiger partial charge in [0, 0.05) is 22.5 Å². The quantitative estimate of drug-likeness (QED) is 0.402. The van der Waals surface area contributed by atoms with Gasteiger partial charge in [-0.25, -0.2) is 0 Å². The number of phenols is 1. The predicted octanol–water partition coefficient (Wildman–Crippen LogP) is 3.74. The second-order valence-electron chi connectivity index (χ2n) is 6.36. The standard InChI is InChI=1S/C20H20N4O7/c1-27-14-7-11(8-15(28-2)18(14)20(26)22-24-21)13-9-12(23-31-13)10-5-16(29-3)19(25)17(6-10)30-4/h5-8,13,25H,9H2,1-4H3. The molecule has 1 N–H and O–H groups in total. The largest absolute Gasteiger partial charge is 0.502 e. The van der Waals surface area contributed by atoms with Gasteiger partial charge in [0.1, 0.15) is 17.1 Å². The normalized spacial score (nSPS) is 14.7. The number of amides is 1. The lowest BCUT2D eigenvalue weighted by Gasteiger charge is -2.16. The fourth-order valence-electron chi connectivity index (χ4n) is 3.21. The van der Waals surface area contributed by atoms with Gasteiger partial charge in [0.2, 0.25) is 5.75 Å². The molecule has 0 aromatic heterocycles. The summed E-state index contributed by atoms with van der Waals surface area (Å²) in [5.41, 5.74) is 10.5. The summed E-state index contributed by atoms with van der Waals surface area (Å²) in [6.45, 7) is 0. The van der Waals surface area contributed by atoms with Crippen LogP contribution in [0.1, 0.15) is 34.0 Å². The highest BCUT2D eigenvalue weighted by molar-refractivity contribution is 6.03. The first-order chi connectivity index (χ1) is 15.0. The van der Waals surface area contributed by atoms with Crippen molar-refractivity contribution >= 4 is 11.6 Å². The number of phenolic OH excluding ortho intramolecular Hbond substituents is 1. The van der Waals surface area contributed by atoms with Crippen LogP contribution in [0.5, 0.6) is 28.7 Å². The molecule has 0 spiro atoms. The van der Waals surface area contributed by atoms with Crippen molar-refractivity contribution in [3.05, 3.63) is 51.4 Å². The van der Waals surface area contributed by atoms with Crippen molar-refractivity contribution in [2.45, 2.75) is 12.5 Å². The van der Waals surface area contributed by atoms with Crippen LogP contribution < -0.4 is 18.9 Å². The first kappa shape index (κ1) is 21.6. The Hall–Kier alpha value is -4.11. The third kappa shape index (κ3) is 4.12. The Kier molecular flexibility index (Phi) is 6.37. The highest BCUT2D eigenvalue weighted by atomic mass is 16.6. The maximum Gasteiger partial charge on any atom is 0.256 e. The highest BCUT2D eigenvalue weighted by Crippen LogP contribution is 2.41. The van der Waals surface area contributed by atoms with Gasteiger partial charge in [0.25, 0.3) is 5.91 Å². The molecule has 11 heteroatoms. The topological polar surface area (TPSA) is 145 Å². The van der Waals surface area contributed by atoms with Crippen LogP contribution in [0.2, 0.25) is 0 Å². The number of rotatable bonds is 7. The van der Waals surface area contributed by atoms with E-state index in [0.29, 0.717) is 23.3 Å². The van der Waals surface area contributed by atoms with Crippen LogP contribution in [0.15, 0.2) is 34.5 Å². The third-order valence-electron chi connectivity index (χ3n) is 4.73. The predicted molar refractivity (Wildman–Crippen MR) is 109 cm³/mol. The molecule has 1 aliphatic rings. The van der Waals surface area contributed by atoms with Crippen LogP contribution >= 0.6 is 0 Å². The van der Waals surface area contributed by atoms with Crippen molar-refractivity contribution < 1.29 is 33.7 Å². The maximum absolute atomic E-state index is 12.1. The van der Waals surface area contributed by atoms with Gasteiger partial charge in [0.15, 0.2) is 17.6 Å². The Morgan fingerprint density at radius 1 is 1.06 bits per heavy atom. The van der Waals surface area contributed by atoms with Crippen LogP contribution in [0.3, 0.4) is 0 Å². The molecule has 31 heavy (non-hydrogen) atoms. The number of nitrogens with zero attached hydrogens (tertiary/aromatic N) is 4. The molecule has 2 aromatic carbocycles. The number of hydrogen-bond acceptors (Lipinski definition) is 8. The molecule has 0 saturated carbocycles. The van der Waals surface area contributed by atoms with E-state index in [0.717, 1.165) is 0 Å². The zero-order chi connectivity index (χ0) is 22.5. The number of benzene rings is 2. The molecule has 0 bridgehead atoms. The average molecular weight is 428 g/mol. The molecule has 11 nitrogen and oxygen atoms in total. The lowest BCUT2D eigenvalue weighted by atomic mass is 9.97. The fraction of sp³-hybridized carbons (Fsp3) is 0.300. The Labute approximate surface area is 177 Å². The molecule has 1 atom stereocenters. The van der Waals surface area contributed by atoms with E-state index in [-0.39, 0.29) is 34.3 Å². The van der Waals surface area contributed by atoms with E-state index < -0.39 is 12.0 Å². The average Bonchev–Trinajstić information content (AvgIpc) is 3.28. The van der Waals surface area contributed by atoms with Gasteiger partial charge in [0.05, 0.1) is 34.2 Å². The zero-order valence-corrected chi connectivity index (χ0v) is 17.3. The van der Waals surface area contributed by atoms with Crippen molar-refractivity contribution in [3.63, 3.8) is 0 Å². The molecule has 1 aliphatic heterocycles. The van der Waals surface area contributed by atoms with E-state index >= 15 is 0 Å². The van der Waals surface area contributed by atoms with Crippen molar-refractivity contribution in [2.75, 3.05) is 28.4 Å². The van der Waals surface area contributed by atoms with Gasteiger partial charge in [-0.05, 0) is 34.9 Å². The minimum absolute atomic E-state index is 0.0127. The molecule has 162 valence electrons. The van der Waals surface area contributed by atoms with Crippen molar-refractivity contribution in [2.24, 2.45) is 10.3 Å². The van der Waals surface area contributed by atoms with Crippen LogP contribution in [-0.2, 0) is 4.84 Å².